The van der Waals surface area contributed by atoms with Crippen molar-refractivity contribution in [2.75, 3.05) is 0 Å². The fourth-order valence-corrected chi connectivity index (χ4v) is 2.23. The van der Waals surface area contributed by atoms with Crippen molar-refractivity contribution < 1.29 is 4.79 Å². The number of rotatable bonds is 3. The Kier molecular flexibility index (Phi) is 2.86. The number of nitrogens with two attached hydrogens (primary N) is 1. The van der Waals surface area contributed by atoms with Gasteiger partial charge in [0.15, 0.2) is 5.78 Å². The predicted octanol–water partition coefficient (Wildman–Crippen LogP) is 1.12. The molecule has 1 fully saturated rings. The van der Waals surface area contributed by atoms with Crippen molar-refractivity contribution in [2.24, 2.45) is 18.7 Å². The van der Waals surface area contributed by atoms with E-state index in [1.165, 1.54) is 0 Å². The molecule has 0 aromatic carbocycles. The molecule has 0 bridgehead atoms. The molecular weight excluding hydrogens is 190 g/mol. The molecule has 0 aliphatic heterocycles. The SMILES string of the molecule is Cn1ccc(C(=O)C[C@@H]2CCC[C@H]2N)n1. The average Bonchev–Trinajstić information content (AvgIpc) is 2.77. The van der Waals surface area contributed by atoms with E-state index in [-0.39, 0.29) is 11.8 Å². The van der Waals surface area contributed by atoms with E-state index in [4.69, 9.17) is 5.73 Å². The molecule has 1 aliphatic carbocycles. The van der Waals surface area contributed by atoms with Crippen molar-refractivity contribution in [1.82, 2.24) is 9.78 Å². The molecule has 2 atom stereocenters. The number of hydrogen-bond acceptors (Lipinski definition) is 3. The molecule has 2 rings (SSSR count). The molecule has 0 saturated heterocycles. The van der Waals surface area contributed by atoms with E-state index in [1.807, 2.05) is 7.05 Å². The number of carbonyl (C=O) groups excluding carboxylic acids is 1. The normalized spacial score (nSPS) is 25.7. The van der Waals surface area contributed by atoms with Crippen LogP contribution in [0.4, 0.5) is 0 Å². The molecule has 1 heterocycles. The molecular formula is C11H17N3O. The maximum absolute atomic E-state index is 11.8. The van der Waals surface area contributed by atoms with Crippen molar-refractivity contribution in [3.8, 4) is 0 Å². The van der Waals surface area contributed by atoms with Crippen LogP contribution in [-0.4, -0.2) is 21.6 Å². The maximum atomic E-state index is 11.8. The van der Waals surface area contributed by atoms with Gasteiger partial charge in [0.1, 0.15) is 5.69 Å². The minimum absolute atomic E-state index is 0.123. The van der Waals surface area contributed by atoms with Crippen molar-refractivity contribution >= 4 is 5.78 Å². The van der Waals surface area contributed by atoms with E-state index < -0.39 is 0 Å². The Morgan fingerprint density at radius 3 is 3.00 bits per heavy atom. The van der Waals surface area contributed by atoms with Crippen LogP contribution >= 0.6 is 0 Å². The highest BCUT2D eigenvalue weighted by atomic mass is 16.1. The highest BCUT2D eigenvalue weighted by molar-refractivity contribution is 5.94. The van der Waals surface area contributed by atoms with Crippen molar-refractivity contribution in [3.05, 3.63) is 18.0 Å². The molecule has 0 amide bonds. The van der Waals surface area contributed by atoms with Crippen LogP contribution in [0.5, 0.6) is 0 Å². The summed E-state index contributed by atoms with van der Waals surface area (Å²) in [5.74, 6) is 0.484. The number of nitrogens with zero attached hydrogens (tertiary/aromatic N) is 2. The van der Waals surface area contributed by atoms with Crippen molar-refractivity contribution in [1.29, 1.82) is 0 Å². The van der Waals surface area contributed by atoms with Crippen molar-refractivity contribution in [3.63, 3.8) is 0 Å². The summed E-state index contributed by atoms with van der Waals surface area (Å²) in [4.78, 5) is 11.8. The first kappa shape index (κ1) is 10.4. The quantitative estimate of drug-likeness (QED) is 0.755. The smallest absolute Gasteiger partial charge is 0.183 e. The second-order valence-corrected chi connectivity index (χ2v) is 4.36. The lowest BCUT2D eigenvalue weighted by Gasteiger charge is -2.12. The lowest BCUT2D eigenvalue weighted by Crippen LogP contribution is -2.26. The predicted molar refractivity (Wildman–Crippen MR) is 57.5 cm³/mol. The largest absolute Gasteiger partial charge is 0.327 e. The number of hydrogen-bond donors (Lipinski definition) is 1. The Morgan fingerprint density at radius 2 is 2.47 bits per heavy atom. The van der Waals surface area contributed by atoms with Crippen LogP contribution in [0.1, 0.15) is 36.2 Å². The monoisotopic (exact) mass is 207 g/mol. The zero-order valence-electron chi connectivity index (χ0n) is 9.02. The highest BCUT2D eigenvalue weighted by Gasteiger charge is 2.26. The van der Waals surface area contributed by atoms with Gasteiger partial charge >= 0.3 is 0 Å². The van der Waals surface area contributed by atoms with Gasteiger partial charge in [-0.25, -0.2) is 0 Å². The molecule has 0 spiro atoms. The molecule has 4 nitrogen and oxygen atoms in total. The Hall–Kier alpha value is -1.16. The fourth-order valence-electron chi connectivity index (χ4n) is 2.23. The van der Waals surface area contributed by atoms with Gasteiger partial charge in [0.05, 0.1) is 0 Å². The van der Waals surface area contributed by atoms with E-state index in [0.29, 0.717) is 18.0 Å². The number of aryl methyl sites for hydroxylation is 1. The number of aromatic nitrogens is 2. The van der Waals surface area contributed by atoms with Crippen LogP contribution in [-0.2, 0) is 7.05 Å². The Morgan fingerprint density at radius 1 is 1.67 bits per heavy atom. The van der Waals surface area contributed by atoms with E-state index in [0.717, 1.165) is 19.3 Å². The van der Waals surface area contributed by atoms with Gasteiger partial charge in [0.25, 0.3) is 0 Å². The van der Waals surface area contributed by atoms with Gasteiger partial charge in [-0.15, -0.1) is 0 Å². The summed E-state index contributed by atoms with van der Waals surface area (Å²) in [6.45, 7) is 0. The third-order valence-corrected chi connectivity index (χ3v) is 3.16. The van der Waals surface area contributed by atoms with Crippen LogP contribution in [0, 0.1) is 5.92 Å². The van der Waals surface area contributed by atoms with Crippen LogP contribution in [0.3, 0.4) is 0 Å². The molecule has 1 aliphatic rings. The van der Waals surface area contributed by atoms with Gasteiger partial charge < -0.3 is 5.73 Å². The zero-order chi connectivity index (χ0) is 10.8. The first-order valence-corrected chi connectivity index (χ1v) is 5.45. The molecule has 0 unspecified atom stereocenters. The summed E-state index contributed by atoms with van der Waals surface area (Å²) in [5.41, 5.74) is 6.50. The van der Waals surface area contributed by atoms with Gasteiger partial charge in [0.2, 0.25) is 0 Å². The summed E-state index contributed by atoms with van der Waals surface area (Å²) in [6.07, 6.45) is 5.64. The standard InChI is InChI=1S/C11H17N3O/c1-14-6-5-10(13-14)11(15)7-8-3-2-4-9(8)12/h5-6,8-9H,2-4,7,12H2,1H3/t8-,9+/m0/s1. The first-order valence-electron chi connectivity index (χ1n) is 5.45. The number of Topliss-reactive ketones (excluding diaryl/α,β-unsaturated/α-hetero) is 1. The van der Waals surface area contributed by atoms with Gasteiger partial charge in [-0.1, -0.05) is 6.42 Å². The third-order valence-electron chi connectivity index (χ3n) is 3.16. The number of ketones is 1. The summed E-state index contributed by atoms with van der Waals surface area (Å²) >= 11 is 0. The van der Waals surface area contributed by atoms with Crippen LogP contribution in [0.25, 0.3) is 0 Å². The number of carbonyl (C=O) groups is 1. The van der Waals surface area contributed by atoms with Gasteiger partial charge in [-0.05, 0) is 24.8 Å². The topological polar surface area (TPSA) is 60.9 Å². The Labute approximate surface area is 89.5 Å². The minimum atomic E-state index is 0.123. The summed E-state index contributed by atoms with van der Waals surface area (Å²) in [6, 6.07) is 1.97. The summed E-state index contributed by atoms with van der Waals surface area (Å²) < 4.78 is 1.65. The molecule has 15 heavy (non-hydrogen) atoms. The molecule has 4 heteroatoms. The lowest BCUT2D eigenvalue weighted by molar-refractivity contribution is 0.0953. The van der Waals surface area contributed by atoms with E-state index in [1.54, 1.807) is 16.9 Å². The fraction of sp³-hybridized carbons (Fsp3) is 0.636. The third kappa shape index (κ3) is 2.26. The molecule has 1 saturated carbocycles. The summed E-state index contributed by atoms with van der Waals surface area (Å²) in [5, 5.41) is 4.10. The van der Waals surface area contributed by atoms with E-state index >= 15 is 0 Å². The minimum Gasteiger partial charge on any atom is -0.327 e. The molecule has 2 N–H and O–H groups in total. The zero-order valence-corrected chi connectivity index (χ0v) is 9.02. The van der Waals surface area contributed by atoms with Crippen LogP contribution in [0.15, 0.2) is 12.3 Å². The Balaban J connectivity index is 1.97. The molecule has 82 valence electrons. The summed E-state index contributed by atoms with van der Waals surface area (Å²) in [7, 11) is 1.82. The van der Waals surface area contributed by atoms with Crippen LogP contribution in [0.2, 0.25) is 0 Å². The highest BCUT2D eigenvalue weighted by Crippen LogP contribution is 2.27. The second kappa shape index (κ2) is 4.14. The van der Waals surface area contributed by atoms with Crippen LogP contribution < -0.4 is 5.73 Å². The van der Waals surface area contributed by atoms with Gasteiger partial charge in [-0.2, -0.15) is 5.10 Å². The molecule has 1 aromatic rings. The molecule has 1 aromatic heterocycles. The van der Waals surface area contributed by atoms with Gasteiger partial charge in [0, 0.05) is 25.7 Å². The van der Waals surface area contributed by atoms with E-state index in [9.17, 15) is 4.79 Å². The maximum Gasteiger partial charge on any atom is 0.183 e. The Bertz CT molecular complexity index is 358. The molecule has 0 radical (unpaired) electrons. The second-order valence-electron chi connectivity index (χ2n) is 4.36. The first-order chi connectivity index (χ1) is 7.16. The van der Waals surface area contributed by atoms with Gasteiger partial charge in [-0.3, -0.25) is 9.48 Å². The van der Waals surface area contributed by atoms with Crippen molar-refractivity contribution in [2.45, 2.75) is 31.7 Å². The average molecular weight is 207 g/mol. The van der Waals surface area contributed by atoms with E-state index in [2.05, 4.69) is 5.10 Å². The lowest BCUT2D eigenvalue weighted by atomic mass is 9.96.